The van der Waals surface area contributed by atoms with Crippen LogP contribution < -0.4 is 0 Å². The molecule has 0 N–H and O–H groups in total. The molecular weight excluding hydrogens is 188 g/mol. The number of hydrogen-bond donors (Lipinski definition) is 0. The third-order valence-corrected chi connectivity index (χ3v) is 3.36. The molecule has 0 aliphatic carbocycles. The molecule has 0 heterocycles. The van der Waals surface area contributed by atoms with Crippen molar-refractivity contribution in [3.05, 3.63) is 30.3 Å². The van der Waals surface area contributed by atoms with Crippen LogP contribution in [0.15, 0.2) is 35.2 Å². The number of rotatable bonds is 7. The molecule has 78 valence electrons. The first kappa shape index (κ1) is 11.6. The molecule has 0 unspecified atom stereocenters. The fraction of sp³-hybridized carbons (Fsp3) is 0.538. The molecule has 0 nitrogen and oxygen atoms in total. The lowest BCUT2D eigenvalue weighted by atomic mass is 10.2. The topological polar surface area (TPSA) is 0 Å². The minimum atomic E-state index is 1.27. The van der Waals surface area contributed by atoms with Gasteiger partial charge in [0.05, 0.1) is 0 Å². The van der Waals surface area contributed by atoms with Crippen LogP contribution in [-0.4, -0.2) is 5.75 Å². The van der Waals surface area contributed by atoms with Gasteiger partial charge in [-0.2, -0.15) is 0 Å². The minimum absolute atomic E-state index is 1.27. The highest BCUT2D eigenvalue weighted by Gasteiger charge is 1.92. The molecule has 0 aliphatic rings. The van der Waals surface area contributed by atoms with E-state index in [4.69, 9.17) is 0 Å². The van der Waals surface area contributed by atoms with E-state index in [2.05, 4.69) is 37.3 Å². The van der Waals surface area contributed by atoms with Gasteiger partial charge in [0.15, 0.2) is 0 Å². The van der Waals surface area contributed by atoms with E-state index < -0.39 is 0 Å². The Labute approximate surface area is 92.1 Å². The van der Waals surface area contributed by atoms with Gasteiger partial charge >= 0.3 is 0 Å². The molecule has 0 amide bonds. The van der Waals surface area contributed by atoms with E-state index in [1.807, 2.05) is 11.8 Å². The predicted octanol–water partition coefficient (Wildman–Crippen LogP) is 4.75. The first-order valence-electron chi connectivity index (χ1n) is 5.61. The fourth-order valence-corrected chi connectivity index (χ4v) is 2.35. The molecule has 1 heteroatoms. The van der Waals surface area contributed by atoms with Crippen molar-refractivity contribution in [2.24, 2.45) is 0 Å². The van der Waals surface area contributed by atoms with Crippen LogP contribution in [0.2, 0.25) is 0 Å². The lowest BCUT2D eigenvalue weighted by Gasteiger charge is -2.01. The van der Waals surface area contributed by atoms with Crippen LogP contribution in [0.25, 0.3) is 0 Å². The lowest BCUT2D eigenvalue weighted by molar-refractivity contribution is 0.659. The highest BCUT2D eigenvalue weighted by atomic mass is 32.2. The van der Waals surface area contributed by atoms with Gasteiger partial charge in [-0.1, -0.05) is 50.8 Å². The highest BCUT2D eigenvalue weighted by Crippen LogP contribution is 2.18. The van der Waals surface area contributed by atoms with Crippen molar-refractivity contribution in [1.29, 1.82) is 0 Å². The summed E-state index contributed by atoms with van der Waals surface area (Å²) in [6.07, 6.45) is 6.90. The van der Waals surface area contributed by atoms with Gasteiger partial charge in [-0.05, 0) is 24.3 Å². The van der Waals surface area contributed by atoms with Gasteiger partial charge in [0.1, 0.15) is 0 Å². The van der Waals surface area contributed by atoms with Gasteiger partial charge in [0.2, 0.25) is 0 Å². The molecule has 1 aromatic carbocycles. The van der Waals surface area contributed by atoms with E-state index in [1.54, 1.807) is 0 Å². The molecule has 0 radical (unpaired) electrons. The fourth-order valence-electron chi connectivity index (χ4n) is 1.41. The van der Waals surface area contributed by atoms with Crippen molar-refractivity contribution in [2.75, 3.05) is 5.75 Å². The Morgan fingerprint density at radius 3 is 2.36 bits per heavy atom. The molecule has 14 heavy (non-hydrogen) atoms. The number of unbranched alkanes of at least 4 members (excludes halogenated alkanes) is 4. The Morgan fingerprint density at radius 1 is 0.929 bits per heavy atom. The van der Waals surface area contributed by atoms with E-state index in [9.17, 15) is 0 Å². The maximum absolute atomic E-state index is 2.26. The zero-order valence-corrected chi connectivity index (χ0v) is 9.85. The summed E-state index contributed by atoms with van der Waals surface area (Å²) in [5.41, 5.74) is 0. The molecule has 0 bridgehead atoms. The monoisotopic (exact) mass is 208 g/mol. The van der Waals surface area contributed by atoms with Gasteiger partial charge < -0.3 is 0 Å². The summed E-state index contributed by atoms with van der Waals surface area (Å²) in [4.78, 5) is 1.41. The smallest absolute Gasteiger partial charge is 0.00719 e. The summed E-state index contributed by atoms with van der Waals surface area (Å²) in [6, 6.07) is 10.7. The zero-order chi connectivity index (χ0) is 10.1. The highest BCUT2D eigenvalue weighted by molar-refractivity contribution is 7.99. The van der Waals surface area contributed by atoms with Crippen LogP contribution in [0.4, 0.5) is 0 Å². The molecule has 0 atom stereocenters. The standard InChI is InChI=1S/C13H20S/c1-2-3-4-5-9-12-14-13-10-7-6-8-11-13/h6-8,10-11H,2-5,9,12H2,1H3. The Morgan fingerprint density at radius 2 is 1.64 bits per heavy atom. The summed E-state index contributed by atoms with van der Waals surface area (Å²) in [6.45, 7) is 2.26. The first-order chi connectivity index (χ1) is 6.93. The molecule has 1 aromatic rings. The van der Waals surface area contributed by atoms with Gasteiger partial charge in [-0.3, -0.25) is 0 Å². The second kappa shape index (κ2) is 7.93. The second-order valence-corrected chi connectivity index (χ2v) is 4.74. The molecule has 0 aromatic heterocycles. The average molecular weight is 208 g/mol. The summed E-state index contributed by atoms with van der Waals surface area (Å²) < 4.78 is 0. The molecule has 0 saturated heterocycles. The minimum Gasteiger partial charge on any atom is -0.126 e. The summed E-state index contributed by atoms with van der Waals surface area (Å²) >= 11 is 1.98. The number of hydrogen-bond acceptors (Lipinski definition) is 1. The normalized spacial score (nSPS) is 10.4. The van der Waals surface area contributed by atoms with Crippen LogP contribution >= 0.6 is 11.8 Å². The van der Waals surface area contributed by atoms with Gasteiger partial charge in [0.25, 0.3) is 0 Å². The predicted molar refractivity (Wildman–Crippen MR) is 65.9 cm³/mol. The van der Waals surface area contributed by atoms with Crippen LogP contribution in [0.3, 0.4) is 0 Å². The van der Waals surface area contributed by atoms with Crippen molar-refractivity contribution < 1.29 is 0 Å². The molecule has 0 fully saturated rings. The van der Waals surface area contributed by atoms with Crippen molar-refractivity contribution in [2.45, 2.75) is 43.9 Å². The molecule has 0 aliphatic heterocycles. The summed E-state index contributed by atoms with van der Waals surface area (Å²) in [5.74, 6) is 1.27. The lowest BCUT2D eigenvalue weighted by Crippen LogP contribution is -1.81. The first-order valence-corrected chi connectivity index (χ1v) is 6.60. The zero-order valence-electron chi connectivity index (χ0n) is 9.04. The van der Waals surface area contributed by atoms with Crippen molar-refractivity contribution in [3.63, 3.8) is 0 Å². The quantitative estimate of drug-likeness (QED) is 0.460. The molecule has 0 spiro atoms. The largest absolute Gasteiger partial charge is 0.126 e. The van der Waals surface area contributed by atoms with E-state index >= 15 is 0 Å². The third-order valence-electron chi connectivity index (χ3n) is 2.26. The maximum atomic E-state index is 2.26. The second-order valence-electron chi connectivity index (χ2n) is 3.58. The van der Waals surface area contributed by atoms with E-state index in [-0.39, 0.29) is 0 Å². The maximum Gasteiger partial charge on any atom is 0.00719 e. The summed E-state index contributed by atoms with van der Waals surface area (Å²) in [7, 11) is 0. The SMILES string of the molecule is CCCCCCCSc1ccccc1. The summed E-state index contributed by atoms with van der Waals surface area (Å²) in [5, 5.41) is 0. The van der Waals surface area contributed by atoms with Crippen molar-refractivity contribution in [3.8, 4) is 0 Å². The Balaban J connectivity index is 1.99. The number of benzene rings is 1. The van der Waals surface area contributed by atoms with E-state index in [1.165, 1.54) is 42.8 Å². The van der Waals surface area contributed by atoms with Gasteiger partial charge in [0, 0.05) is 4.90 Å². The van der Waals surface area contributed by atoms with Gasteiger partial charge in [-0.15, -0.1) is 11.8 Å². The average Bonchev–Trinajstić information content (AvgIpc) is 2.25. The van der Waals surface area contributed by atoms with Crippen molar-refractivity contribution in [1.82, 2.24) is 0 Å². The van der Waals surface area contributed by atoms with Crippen LogP contribution in [0.5, 0.6) is 0 Å². The van der Waals surface area contributed by atoms with Crippen LogP contribution in [-0.2, 0) is 0 Å². The van der Waals surface area contributed by atoms with Gasteiger partial charge in [-0.25, -0.2) is 0 Å². The Kier molecular flexibility index (Phi) is 6.59. The molecular formula is C13H20S. The van der Waals surface area contributed by atoms with E-state index in [0.29, 0.717) is 0 Å². The third kappa shape index (κ3) is 5.33. The van der Waals surface area contributed by atoms with Crippen LogP contribution in [0.1, 0.15) is 39.0 Å². The Bertz CT molecular complexity index is 218. The van der Waals surface area contributed by atoms with E-state index in [0.717, 1.165) is 0 Å². The van der Waals surface area contributed by atoms with Crippen LogP contribution in [0, 0.1) is 0 Å². The molecule has 1 rings (SSSR count). The Hall–Kier alpha value is -0.430. The number of thioether (sulfide) groups is 1. The molecule has 0 saturated carbocycles. The van der Waals surface area contributed by atoms with Crippen molar-refractivity contribution >= 4 is 11.8 Å².